The molecule has 2 amide bonds. The Morgan fingerprint density at radius 2 is 1.80 bits per heavy atom. The number of benzene rings is 2. The van der Waals surface area contributed by atoms with E-state index in [1.807, 2.05) is 38.1 Å². The number of hydrogen-bond donors (Lipinski definition) is 1. The van der Waals surface area contributed by atoms with Crippen molar-refractivity contribution in [2.75, 3.05) is 29.9 Å². The Balaban J connectivity index is 1.94. The Bertz CT molecular complexity index is 1170. The molecule has 190 valence electrons. The van der Waals surface area contributed by atoms with Crippen LogP contribution in [0.1, 0.15) is 38.3 Å². The van der Waals surface area contributed by atoms with Crippen LogP contribution < -0.4 is 19.1 Å². The summed E-state index contributed by atoms with van der Waals surface area (Å²) in [6.07, 6.45) is 0.761. The molecule has 0 spiro atoms. The lowest BCUT2D eigenvalue weighted by atomic mass is 10.1. The number of ether oxygens (including phenoxy) is 2. The van der Waals surface area contributed by atoms with Crippen LogP contribution in [-0.4, -0.2) is 56.8 Å². The summed E-state index contributed by atoms with van der Waals surface area (Å²) in [5, 5.41) is 2.83. The summed E-state index contributed by atoms with van der Waals surface area (Å²) in [5.41, 5.74) is 2.15. The zero-order chi connectivity index (χ0) is 25.6. The maximum Gasteiger partial charge on any atom is 0.244 e. The standard InChI is InChI=1S/C25H33N3O6S/c1-5-13-26-25(30)19(4)27(15-20-10-8-7-9-18(20)3)24(29)16-28(35(31,32)6-2)21-11-12-22-23(14-21)34-17-33-22/h7-12,14,19H,5-6,13,15-17H2,1-4H3,(H,26,30). The number of rotatable bonds is 11. The smallest absolute Gasteiger partial charge is 0.244 e. The zero-order valence-corrected chi connectivity index (χ0v) is 21.4. The van der Waals surface area contributed by atoms with Crippen molar-refractivity contribution in [3.05, 3.63) is 53.6 Å². The maximum atomic E-state index is 13.6. The van der Waals surface area contributed by atoms with Gasteiger partial charge in [-0.15, -0.1) is 0 Å². The predicted molar refractivity (Wildman–Crippen MR) is 134 cm³/mol. The van der Waals surface area contributed by atoms with Gasteiger partial charge in [0.2, 0.25) is 28.6 Å². The number of sulfonamides is 1. The summed E-state index contributed by atoms with van der Waals surface area (Å²) in [6, 6.07) is 11.5. The van der Waals surface area contributed by atoms with E-state index in [1.54, 1.807) is 25.1 Å². The van der Waals surface area contributed by atoms with Gasteiger partial charge in [-0.3, -0.25) is 13.9 Å². The molecular weight excluding hydrogens is 470 g/mol. The van der Waals surface area contributed by atoms with Gasteiger partial charge in [0.25, 0.3) is 0 Å². The molecular formula is C25H33N3O6S. The van der Waals surface area contributed by atoms with E-state index in [-0.39, 0.29) is 25.0 Å². The average molecular weight is 504 g/mol. The van der Waals surface area contributed by atoms with Gasteiger partial charge in [-0.1, -0.05) is 31.2 Å². The summed E-state index contributed by atoms with van der Waals surface area (Å²) < 4.78 is 37.8. The number of carbonyl (C=O) groups excluding carboxylic acids is 2. The van der Waals surface area contributed by atoms with Gasteiger partial charge in [-0.05, 0) is 50.5 Å². The molecule has 1 aliphatic heterocycles. The molecule has 0 bridgehead atoms. The van der Waals surface area contributed by atoms with Crippen molar-refractivity contribution in [2.45, 2.75) is 46.7 Å². The van der Waals surface area contributed by atoms with Crippen molar-refractivity contribution >= 4 is 27.5 Å². The van der Waals surface area contributed by atoms with E-state index in [0.717, 1.165) is 21.9 Å². The largest absolute Gasteiger partial charge is 0.454 e. The SMILES string of the molecule is CCCNC(=O)C(C)N(Cc1ccccc1C)C(=O)CN(c1ccc2c(c1)OCO2)S(=O)(=O)CC. The highest BCUT2D eigenvalue weighted by Gasteiger charge is 2.31. The van der Waals surface area contributed by atoms with Gasteiger partial charge in [-0.2, -0.15) is 0 Å². The monoisotopic (exact) mass is 503 g/mol. The second-order valence-corrected chi connectivity index (χ2v) is 10.5. The molecule has 1 heterocycles. The first kappa shape index (κ1) is 26.3. The summed E-state index contributed by atoms with van der Waals surface area (Å²) >= 11 is 0. The molecule has 1 atom stereocenters. The van der Waals surface area contributed by atoms with Crippen molar-refractivity contribution in [1.29, 1.82) is 0 Å². The van der Waals surface area contributed by atoms with Crippen LogP contribution in [0.2, 0.25) is 0 Å². The Hall–Kier alpha value is -3.27. The zero-order valence-electron chi connectivity index (χ0n) is 20.6. The second-order valence-electron chi connectivity index (χ2n) is 8.36. The molecule has 35 heavy (non-hydrogen) atoms. The molecule has 0 radical (unpaired) electrons. The Morgan fingerprint density at radius 3 is 2.49 bits per heavy atom. The van der Waals surface area contributed by atoms with E-state index >= 15 is 0 Å². The minimum Gasteiger partial charge on any atom is -0.454 e. The highest BCUT2D eigenvalue weighted by molar-refractivity contribution is 7.92. The van der Waals surface area contributed by atoms with Gasteiger partial charge in [0.15, 0.2) is 11.5 Å². The Kier molecular flexibility index (Phi) is 8.61. The molecule has 2 aromatic carbocycles. The molecule has 2 aromatic rings. The van der Waals surface area contributed by atoms with Gasteiger partial charge in [0.1, 0.15) is 12.6 Å². The minimum absolute atomic E-state index is 0.0484. The molecule has 0 aliphatic carbocycles. The number of nitrogens with one attached hydrogen (secondary N) is 1. The second kappa shape index (κ2) is 11.4. The minimum atomic E-state index is -3.81. The van der Waals surface area contributed by atoms with Gasteiger partial charge in [-0.25, -0.2) is 8.42 Å². The van der Waals surface area contributed by atoms with Crippen LogP contribution >= 0.6 is 0 Å². The van der Waals surface area contributed by atoms with Crippen molar-refractivity contribution in [1.82, 2.24) is 10.2 Å². The van der Waals surface area contributed by atoms with E-state index in [9.17, 15) is 18.0 Å². The molecule has 0 saturated carbocycles. The van der Waals surface area contributed by atoms with Crippen LogP contribution in [0.15, 0.2) is 42.5 Å². The third kappa shape index (κ3) is 6.25. The summed E-state index contributed by atoms with van der Waals surface area (Å²) in [4.78, 5) is 27.9. The normalized spacial score (nSPS) is 13.3. The Labute approximate surface area is 207 Å². The molecule has 3 rings (SSSR count). The van der Waals surface area contributed by atoms with Gasteiger partial charge in [0, 0.05) is 19.2 Å². The topological polar surface area (TPSA) is 105 Å². The fourth-order valence-corrected chi connectivity index (χ4v) is 4.76. The molecule has 0 fully saturated rings. The number of carbonyl (C=O) groups is 2. The van der Waals surface area contributed by atoms with E-state index in [4.69, 9.17) is 9.47 Å². The van der Waals surface area contributed by atoms with E-state index < -0.39 is 28.5 Å². The van der Waals surface area contributed by atoms with Crippen molar-refractivity contribution in [3.8, 4) is 11.5 Å². The number of fused-ring (bicyclic) bond motifs is 1. The van der Waals surface area contributed by atoms with Crippen LogP contribution in [0.5, 0.6) is 11.5 Å². The number of amides is 2. The van der Waals surface area contributed by atoms with Crippen LogP contribution in [0.3, 0.4) is 0 Å². The highest BCUT2D eigenvalue weighted by Crippen LogP contribution is 2.36. The molecule has 10 heteroatoms. The number of hydrogen-bond acceptors (Lipinski definition) is 6. The quantitative estimate of drug-likeness (QED) is 0.506. The third-order valence-corrected chi connectivity index (χ3v) is 7.68. The van der Waals surface area contributed by atoms with Crippen LogP contribution in [-0.2, 0) is 26.2 Å². The molecule has 0 aromatic heterocycles. The summed E-state index contributed by atoms with van der Waals surface area (Å²) in [5.74, 6) is -0.0468. The molecule has 1 aliphatic rings. The first-order chi connectivity index (χ1) is 16.7. The fraction of sp³-hybridized carbons (Fsp3) is 0.440. The van der Waals surface area contributed by atoms with Gasteiger partial charge in [0.05, 0.1) is 11.4 Å². The highest BCUT2D eigenvalue weighted by atomic mass is 32.2. The first-order valence-electron chi connectivity index (χ1n) is 11.7. The lowest BCUT2D eigenvalue weighted by molar-refractivity contribution is -0.139. The predicted octanol–water partition coefficient (Wildman–Crippen LogP) is 2.82. The summed E-state index contributed by atoms with van der Waals surface area (Å²) in [6.45, 7) is 7.31. The van der Waals surface area contributed by atoms with E-state index in [2.05, 4.69) is 5.32 Å². The fourth-order valence-electron chi connectivity index (χ4n) is 3.71. The molecule has 9 nitrogen and oxygen atoms in total. The molecule has 0 saturated heterocycles. The molecule has 1 N–H and O–H groups in total. The molecule has 1 unspecified atom stereocenters. The first-order valence-corrected chi connectivity index (χ1v) is 13.3. The van der Waals surface area contributed by atoms with Gasteiger partial charge >= 0.3 is 0 Å². The lowest BCUT2D eigenvalue weighted by Gasteiger charge is -2.32. The van der Waals surface area contributed by atoms with Crippen LogP contribution in [0.4, 0.5) is 5.69 Å². The lowest BCUT2D eigenvalue weighted by Crippen LogP contribution is -2.51. The van der Waals surface area contributed by atoms with Crippen molar-refractivity contribution in [3.63, 3.8) is 0 Å². The maximum absolute atomic E-state index is 13.6. The summed E-state index contributed by atoms with van der Waals surface area (Å²) in [7, 11) is -3.81. The number of nitrogens with zero attached hydrogens (tertiary/aromatic N) is 2. The Morgan fingerprint density at radius 1 is 1.09 bits per heavy atom. The number of aryl methyl sites for hydroxylation is 1. The van der Waals surface area contributed by atoms with E-state index in [0.29, 0.717) is 23.7 Å². The average Bonchev–Trinajstić information content (AvgIpc) is 3.32. The van der Waals surface area contributed by atoms with Crippen LogP contribution in [0.25, 0.3) is 0 Å². The number of anilines is 1. The van der Waals surface area contributed by atoms with E-state index in [1.165, 1.54) is 11.8 Å². The third-order valence-electron chi connectivity index (χ3n) is 5.94. The van der Waals surface area contributed by atoms with Crippen molar-refractivity contribution < 1.29 is 27.5 Å². The van der Waals surface area contributed by atoms with Gasteiger partial charge < -0.3 is 19.7 Å². The van der Waals surface area contributed by atoms with Crippen LogP contribution in [0, 0.1) is 6.92 Å². The van der Waals surface area contributed by atoms with Crippen molar-refractivity contribution in [2.24, 2.45) is 0 Å².